The lowest BCUT2D eigenvalue weighted by Gasteiger charge is -2.24. The number of carbonyl (C=O) groups is 2. The maximum atomic E-state index is 12.4. The highest BCUT2D eigenvalue weighted by Gasteiger charge is 2.36. The average Bonchev–Trinajstić information content (AvgIpc) is 3.12. The summed E-state index contributed by atoms with van der Waals surface area (Å²) in [6, 6.07) is -0.117. The minimum absolute atomic E-state index is 0.000807. The highest BCUT2D eigenvalue weighted by molar-refractivity contribution is 5.88. The molecule has 132 valence electrons. The van der Waals surface area contributed by atoms with Crippen molar-refractivity contribution in [1.29, 1.82) is 0 Å². The van der Waals surface area contributed by atoms with Crippen molar-refractivity contribution in [2.24, 2.45) is 0 Å². The largest absolute Gasteiger partial charge is 0.361 e. The van der Waals surface area contributed by atoms with Crippen molar-refractivity contribution in [3.8, 4) is 0 Å². The van der Waals surface area contributed by atoms with Crippen LogP contribution in [0.3, 0.4) is 0 Å². The second-order valence-corrected chi connectivity index (χ2v) is 6.77. The average molecular weight is 334 g/mol. The Labute approximate surface area is 142 Å². The van der Waals surface area contributed by atoms with Crippen LogP contribution in [0.2, 0.25) is 0 Å². The fraction of sp³-hybridized carbons (Fsp3) is 0.706. The summed E-state index contributed by atoms with van der Waals surface area (Å²) < 4.78 is 5.14. The van der Waals surface area contributed by atoms with Crippen molar-refractivity contribution < 1.29 is 14.1 Å². The molecule has 0 bridgehead atoms. The van der Waals surface area contributed by atoms with Gasteiger partial charge in [-0.1, -0.05) is 5.16 Å². The van der Waals surface area contributed by atoms with Gasteiger partial charge in [0.05, 0.1) is 5.69 Å². The second-order valence-electron chi connectivity index (χ2n) is 6.77. The molecule has 3 amide bonds. The molecule has 0 spiro atoms. The first-order valence-electron chi connectivity index (χ1n) is 8.83. The summed E-state index contributed by atoms with van der Waals surface area (Å²) in [5, 5.41) is 9.87. The first-order valence-corrected chi connectivity index (χ1v) is 8.83. The molecule has 2 N–H and O–H groups in total. The zero-order valence-corrected chi connectivity index (χ0v) is 14.4. The molecule has 24 heavy (non-hydrogen) atoms. The molecule has 1 aliphatic heterocycles. The van der Waals surface area contributed by atoms with Gasteiger partial charge in [-0.15, -0.1) is 0 Å². The lowest BCUT2D eigenvalue weighted by Crippen LogP contribution is -2.50. The lowest BCUT2D eigenvalue weighted by atomic mass is 10.1. The predicted octanol–water partition coefficient (Wildman–Crippen LogP) is 1.68. The summed E-state index contributed by atoms with van der Waals surface area (Å²) in [5.41, 5.74) is 2.03. The minimum Gasteiger partial charge on any atom is -0.361 e. The number of likely N-dealkylation sites (tertiary alicyclic amines) is 1. The second kappa shape index (κ2) is 7.23. The fourth-order valence-corrected chi connectivity index (χ4v) is 3.23. The maximum absolute atomic E-state index is 12.4. The number of aryl methyl sites for hydroxylation is 2. The van der Waals surface area contributed by atoms with Crippen LogP contribution in [0.1, 0.15) is 49.1 Å². The van der Waals surface area contributed by atoms with Crippen LogP contribution in [0, 0.1) is 13.8 Å². The molecule has 7 nitrogen and oxygen atoms in total. The fourth-order valence-electron chi connectivity index (χ4n) is 3.23. The van der Waals surface area contributed by atoms with Crippen molar-refractivity contribution in [3.63, 3.8) is 0 Å². The van der Waals surface area contributed by atoms with Gasteiger partial charge in [-0.3, -0.25) is 4.79 Å². The Balaban J connectivity index is 1.43. The van der Waals surface area contributed by atoms with Crippen LogP contribution in [-0.2, 0) is 11.2 Å². The lowest BCUT2D eigenvalue weighted by molar-refractivity contribution is -0.124. The molecule has 1 aliphatic carbocycles. The van der Waals surface area contributed by atoms with Gasteiger partial charge in [0.2, 0.25) is 5.91 Å². The number of carbonyl (C=O) groups excluding carboxylic acids is 2. The molecule has 1 saturated carbocycles. The molecule has 0 aromatic carbocycles. The SMILES string of the molecule is Cc1noc(C)c1CCCNC(=O)N1CCC[C@@H]1C(=O)NC1CC1. The zero-order chi connectivity index (χ0) is 17.1. The first-order chi connectivity index (χ1) is 11.6. The van der Waals surface area contributed by atoms with Crippen molar-refractivity contribution in [2.75, 3.05) is 13.1 Å². The third-order valence-electron chi connectivity index (χ3n) is 4.80. The van der Waals surface area contributed by atoms with E-state index in [0.29, 0.717) is 19.1 Å². The molecule has 2 fully saturated rings. The molecule has 7 heteroatoms. The Morgan fingerprint density at radius 3 is 2.75 bits per heavy atom. The summed E-state index contributed by atoms with van der Waals surface area (Å²) in [5.74, 6) is 0.844. The molecule has 0 radical (unpaired) electrons. The Morgan fingerprint density at radius 1 is 1.29 bits per heavy atom. The van der Waals surface area contributed by atoms with E-state index in [0.717, 1.165) is 55.5 Å². The van der Waals surface area contributed by atoms with Gasteiger partial charge < -0.3 is 20.1 Å². The van der Waals surface area contributed by atoms with E-state index in [1.807, 2.05) is 13.8 Å². The Bertz CT molecular complexity index is 589. The zero-order valence-electron chi connectivity index (χ0n) is 14.4. The van der Waals surface area contributed by atoms with Gasteiger partial charge >= 0.3 is 6.03 Å². The number of nitrogens with zero attached hydrogens (tertiary/aromatic N) is 2. The Hall–Kier alpha value is -2.05. The van der Waals surface area contributed by atoms with E-state index in [4.69, 9.17) is 4.52 Å². The van der Waals surface area contributed by atoms with E-state index < -0.39 is 0 Å². The van der Waals surface area contributed by atoms with E-state index in [1.54, 1.807) is 4.90 Å². The molecule has 1 aromatic rings. The normalized spacial score (nSPS) is 20.2. The van der Waals surface area contributed by atoms with Gasteiger partial charge in [-0.2, -0.15) is 0 Å². The smallest absolute Gasteiger partial charge is 0.318 e. The number of hydrogen-bond acceptors (Lipinski definition) is 4. The van der Waals surface area contributed by atoms with Crippen molar-refractivity contribution in [3.05, 3.63) is 17.0 Å². The molecule has 0 unspecified atom stereocenters. The van der Waals surface area contributed by atoms with Gasteiger partial charge in [0.1, 0.15) is 11.8 Å². The van der Waals surface area contributed by atoms with Crippen molar-refractivity contribution in [1.82, 2.24) is 20.7 Å². The van der Waals surface area contributed by atoms with E-state index in [1.165, 1.54) is 0 Å². The Morgan fingerprint density at radius 2 is 2.08 bits per heavy atom. The number of amides is 3. The summed E-state index contributed by atoms with van der Waals surface area (Å²) in [7, 11) is 0. The third-order valence-corrected chi connectivity index (χ3v) is 4.80. The number of urea groups is 1. The maximum Gasteiger partial charge on any atom is 0.318 e. The van der Waals surface area contributed by atoms with E-state index >= 15 is 0 Å². The van der Waals surface area contributed by atoms with Crippen LogP contribution >= 0.6 is 0 Å². The third kappa shape index (κ3) is 3.88. The summed E-state index contributed by atoms with van der Waals surface area (Å²) >= 11 is 0. The van der Waals surface area contributed by atoms with Gasteiger partial charge in [-0.25, -0.2) is 4.79 Å². The highest BCUT2D eigenvalue weighted by atomic mass is 16.5. The molecule has 2 heterocycles. The Kier molecular flexibility index (Phi) is 5.06. The highest BCUT2D eigenvalue weighted by Crippen LogP contribution is 2.22. The van der Waals surface area contributed by atoms with Crippen molar-refractivity contribution in [2.45, 2.75) is 64.5 Å². The number of aromatic nitrogens is 1. The summed E-state index contributed by atoms with van der Waals surface area (Å²) in [6.07, 6.45) is 5.41. The topological polar surface area (TPSA) is 87.5 Å². The molecule has 1 atom stereocenters. The number of rotatable bonds is 6. The number of nitrogens with one attached hydrogen (secondary N) is 2. The van der Waals surface area contributed by atoms with Crippen LogP contribution in [0.5, 0.6) is 0 Å². The first kappa shape index (κ1) is 16.8. The molecule has 1 saturated heterocycles. The van der Waals surface area contributed by atoms with Crippen LogP contribution in [0.15, 0.2) is 4.52 Å². The van der Waals surface area contributed by atoms with Gasteiger partial charge in [0.25, 0.3) is 0 Å². The molecule has 3 rings (SSSR count). The molecule has 1 aromatic heterocycles. The van der Waals surface area contributed by atoms with Crippen LogP contribution in [-0.4, -0.2) is 47.2 Å². The van der Waals surface area contributed by atoms with Gasteiger partial charge in [-0.05, 0) is 52.4 Å². The predicted molar refractivity (Wildman–Crippen MR) is 88.6 cm³/mol. The molecular formula is C17H26N4O3. The molecule has 2 aliphatic rings. The number of hydrogen-bond donors (Lipinski definition) is 2. The van der Waals surface area contributed by atoms with Gasteiger partial charge in [0, 0.05) is 24.7 Å². The monoisotopic (exact) mass is 334 g/mol. The molecular weight excluding hydrogens is 308 g/mol. The quantitative estimate of drug-likeness (QED) is 0.775. The van der Waals surface area contributed by atoms with E-state index in [2.05, 4.69) is 15.8 Å². The van der Waals surface area contributed by atoms with Crippen LogP contribution < -0.4 is 10.6 Å². The minimum atomic E-state index is -0.312. The van der Waals surface area contributed by atoms with E-state index in [9.17, 15) is 9.59 Å². The van der Waals surface area contributed by atoms with E-state index in [-0.39, 0.29) is 18.0 Å². The van der Waals surface area contributed by atoms with Crippen LogP contribution in [0.25, 0.3) is 0 Å². The van der Waals surface area contributed by atoms with Crippen LogP contribution in [0.4, 0.5) is 4.79 Å². The van der Waals surface area contributed by atoms with Gasteiger partial charge in [0.15, 0.2) is 0 Å². The van der Waals surface area contributed by atoms with Crippen molar-refractivity contribution >= 4 is 11.9 Å². The standard InChI is InChI=1S/C17H26N4O3/c1-11-14(12(2)24-20-11)5-3-9-18-17(23)21-10-4-6-15(21)16(22)19-13-7-8-13/h13,15H,3-10H2,1-2H3,(H,18,23)(H,19,22)/t15-/m1/s1. The summed E-state index contributed by atoms with van der Waals surface area (Å²) in [4.78, 5) is 26.3. The summed E-state index contributed by atoms with van der Waals surface area (Å²) in [6.45, 7) is 5.06.